The average Bonchev–Trinajstić information content (AvgIpc) is 3.45. The zero-order chi connectivity index (χ0) is 22.6. The number of nitrogens with zero attached hydrogens (tertiary/aromatic N) is 1. The molecule has 1 aromatic heterocycles. The van der Waals surface area contributed by atoms with Crippen molar-refractivity contribution < 1.29 is 33.7 Å². The van der Waals surface area contributed by atoms with Gasteiger partial charge in [0.2, 0.25) is 11.8 Å². The number of ether oxygens (including phenoxy) is 2. The maximum absolute atomic E-state index is 14.0. The van der Waals surface area contributed by atoms with Crippen molar-refractivity contribution in [2.75, 3.05) is 13.7 Å². The van der Waals surface area contributed by atoms with Gasteiger partial charge in [-0.2, -0.15) is 0 Å². The van der Waals surface area contributed by atoms with E-state index in [0.717, 1.165) is 4.88 Å². The lowest BCUT2D eigenvalue weighted by Gasteiger charge is -2.44. The molecule has 1 aromatic carbocycles. The number of carbonyl (C=O) groups excluding carboxylic acids is 2. The molecule has 3 heterocycles. The summed E-state index contributed by atoms with van der Waals surface area (Å²) < 4.78 is 25.4. The average molecular weight is 462 g/mol. The molecule has 2 aliphatic heterocycles. The van der Waals surface area contributed by atoms with E-state index >= 15 is 0 Å². The molecule has 2 amide bonds. The van der Waals surface area contributed by atoms with Crippen molar-refractivity contribution in [1.29, 1.82) is 0 Å². The number of fused-ring (bicyclic) bond motifs is 3. The summed E-state index contributed by atoms with van der Waals surface area (Å²) in [5.41, 5.74) is 0.461. The van der Waals surface area contributed by atoms with E-state index in [-0.39, 0.29) is 37.8 Å². The van der Waals surface area contributed by atoms with E-state index in [4.69, 9.17) is 9.47 Å². The predicted octanol–water partition coefficient (Wildman–Crippen LogP) is 2.83. The van der Waals surface area contributed by atoms with E-state index in [1.165, 1.54) is 41.5 Å². The van der Waals surface area contributed by atoms with Gasteiger partial charge < -0.3 is 19.7 Å². The largest absolute Gasteiger partial charge is 0.505 e. The van der Waals surface area contributed by atoms with Gasteiger partial charge in [-0.05, 0) is 42.0 Å². The quantitative estimate of drug-likeness (QED) is 0.665. The van der Waals surface area contributed by atoms with Crippen LogP contribution in [0.1, 0.15) is 29.4 Å². The lowest BCUT2D eigenvalue weighted by Crippen LogP contribution is -2.54. The van der Waals surface area contributed by atoms with Crippen LogP contribution in [-0.4, -0.2) is 46.4 Å². The standard InChI is InChI=1S/C23H24FNO6S/c1-30-11-13-8-15-20(22(28)25(21(15)27)10-14-3-2-6-32-14)16-9-19(31-23(13,16)29)12-4-5-18(26)17(24)7-12/h2-7,13,15-16,19-20,26,29H,8-11H2,1H3/t13-,15+,16+,19+,20+,23-/m1/s1. The summed E-state index contributed by atoms with van der Waals surface area (Å²) in [5.74, 6) is -5.85. The highest BCUT2D eigenvalue weighted by Gasteiger charge is 2.66. The number of thiophene rings is 1. The number of rotatable bonds is 5. The van der Waals surface area contributed by atoms with Crippen LogP contribution in [0.2, 0.25) is 0 Å². The normalized spacial score (nSPS) is 34.1. The molecule has 0 unspecified atom stereocenters. The van der Waals surface area contributed by atoms with E-state index in [1.54, 1.807) is 0 Å². The van der Waals surface area contributed by atoms with Crippen molar-refractivity contribution >= 4 is 23.2 Å². The Hall–Kier alpha value is -2.33. The van der Waals surface area contributed by atoms with Crippen LogP contribution in [0.25, 0.3) is 0 Å². The van der Waals surface area contributed by atoms with E-state index in [1.807, 2.05) is 17.5 Å². The number of methoxy groups -OCH3 is 1. The molecule has 32 heavy (non-hydrogen) atoms. The lowest BCUT2D eigenvalue weighted by molar-refractivity contribution is -0.275. The summed E-state index contributed by atoms with van der Waals surface area (Å²) in [5, 5.41) is 23.0. The Morgan fingerprint density at radius 2 is 2.09 bits per heavy atom. The fourth-order valence-corrected chi connectivity index (χ4v) is 6.28. The Morgan fingerprint density at radius 3 is 2.78 bits per heavy atom. The highest BCUT2D eigenvalue weighted by Crippen LogP contribution is 2.58. The van der Waals surface area contributed by atoms with Crippen LogP contribution in [0.15, 0.2) is 35.7 Å². The van der Waals surface area contributed by atoms with Crippen molar-refractivity contribution in [3.63, 3.8) is 0 Å². The summed E-state index contributed by atoms with van der Waals surface area (Å²) >= 11 is 1.48. The van der Waals surface area contributed by atoms with Gasteiger partial charge in [-0.15, -0.1) is 11.3 Å². The second-order valence-electron chi connectivity index (χ2n) is 8.77. The van der Waals surface area contributed by atoms with E-state index < -0.39 is 47.1 Å². The van der Waals surface area contributed by atoms with Crippen LogP contribution in [0.3, 0.4) is 0 Å². The van der Waals surface area contributed by atoms with Gasteiger partial charge in [-0.3, -0.25) is 14.5 Å². The highest BCUT2D eigenvalue weighted by molar-refractivity contribution is 7.09. The second kappa shape index (κ2) is 7.91. The molecule has 6 atom stereocenters. The van der Waals surface area contributed by atoms with Gasteiger partial charge in [0.25, 0.3) is 0 Å². The molecule has 0 bridgehead atoms. The molecular formula is C23H24FNO6S. The van der Waals surface area contributed by atoms with Crippen LogP contribution >= 0.6 is 11.3 Å². The summed E-state index contributed by atoms with van der Waals surface area (Å²) in [6, 6.07) is 7.71. The van der Waals surface area contributed by atoms with E-state index in [0.29, 0.717) is 5.56 Å². The summed E-state index contributed by atoms with van der Waals surface area (Å²) in [6.45, 7) is 0.384. The maximum Gasteiger partial charge on any atom is 0.233 e. The smallest absolute Gasteiger partial charge is 0.233 e. The topological polar surface area (TPSA) is 96.3 Å². The number of likely N-dealkylation sites (tertiary alicyclic amines) is 1. The van der Waals surface area contributed by atoms with Crippen molar-refractivity contribution in [3.8, 4) is 5.75 Å². The predicted molar refractivity (Wildman–Crippen MR) is 112 cm³/mol. The SMILES string of the molecule is COC[C@H]1C[C@@H]2C(=O)N(Cc3cccs3)C(=O)[C@@H]2[C@@H]2C[C@@H](c3ccc(O)c(F)c3)O[C@]12O. The van der Waals surface area contributed by atoms with Gasteiger partial charge in [0.05, 0.1) is 31.1 Å². The Kier molecular flexibility index (Phi) is 5.32. The monoisotopic (exact) mass is 461 g/mol. The highest BCUT2D eigenvalue weighted by atomic mass is 32.1. The summed E-state index contributed by atoms with van der Waals surface area (Å²) in [7, 11) is 1.51. The second-order valence-corrected chi connectivity index (χ2v) is 9.81. The Morgan fingerprint density at radius 1 is 1.28 bits per heavy atom. The number of hydrogen-bond donors (Lipinski definition) is 2. The number of amides is 2. The Labute approximate surface area is 188 Å². The number of phenols is 1. The Balaban J connectivity index is 1.48. The molecule has 9 heteroatoms. The third-order valence-corrected chi connectivity index (χ3v) is 7.92. The number of aliphatic hydroxyl groups is 1. The third-order valence-electron chi connectivity index (χ3n) is 7.06. The third kappa shape index (κ3) is 3.26. The number of hydrogen-bond acceptors (Lipinski definition) is 7. The molecule has 1 saturated carbocycles. The summed E-state index contributed by atoms with van der Waals surface area (Å²) in [4.78, 5) is 28.8. The molecule has 3 aliphatic rings. The zero-order valence-corrected chi connectivity index (χ0v) is 18.3. The molecule has 0 radical (unpaired) electrons. The van der Waals surface area contributed by atoms with Crippen LogP contribution in [-0.2, 0) is 25.6 Å². The molecule has 2 saturated heterocycles. The lowest BCUT2D eigenvalue weighted by atomic mass is 9.64. The number of aromatic hydroxyl groups is 1. The minimum Gasteiger partial charge on any atom is -0.505 e. The van der Waals surface area contributed by atoms with Gasteiger partial charge in [0, 0.05) is 23.8 Å². The first kappa shape index (κ1) is 21.5. The first-order valence-corrected chi connectivity index (χ1v) is 11.5. The molecule has 2 aromatic rings. The molecule has 2 N–H and O–H groups in total. The minimum absolute atomic E-state index is 0.166. The maximum atomic E-state index is 14.0. The fourth-order valence-electron chi connectivity index (χ4n) is 5.59. The number of halogens is 1. The van der Waals surface area contributed by atoms with Gasteiger partial charge in [-0.1, -0.05) is 12.1 Å². The van der Waals surface area contributed by atoms with Gasteiger partial charge in [0.15, 0.2) is 17.4 Å². The molecule has 0 spiro atoms. The summed E-state index contributed by atoms with van der Waals surface area (Å²) in [6.07, 6.45) is -0.144. The van der Waals surface area contributed by atoms with Crippen LogP contribution < -0.4 is 0 Å². The van der Waals surface area contributed by atoms with E-state index in [9.17, 15) is 24.2 Å². The molecule has 7 nitrogen and oxygen atoms in total. The molecule has 1 aliphatic carbocycles. The molecule has 5 rings (SSSR count). The van der Waals surface area contributed by atoms with Crippen molar-refractivity contribution in [1.82, 2.24) is 4.90 Å². The van der Waals surface area contributed by atoms with Crippen LogP contribution in [0, 0.1) is 29.5 Å². The fraction of sp³-hybridized carbons (Fsp3) is 0.478. The minimum atomic E-state index is -1.68. The van der Waals surface area contributed by atoms with Crippen LogP contribution in [0.5, 0.6) is 5.75 Å². The first-order valence-electron chi connectivity index (χ1n) is 10.6. The first-order chi connectivity index (χ1) is 15.3. The van der Waals surface area contributed by atoms with Gasteiger partial charge in [0.1, 0.15) is 0 Å². The van der Waals surface area contributed by atoms with Crippen molar-refractivity contribution in [3.05, 3.63) is 52.0 Å². The molecule has 3 fully saturated rings. The number of benzene rings is 1. The van der Waals surface area contributed by atoms with Crippen LogP contribution in [0.4, 0.5) is 4.39 Å². The van der Waals surface area contributed by atoms with Crippen molar-refractivity contribution in [2.24, 2.45) is 23.7 Å². The van der Waals surface area contributed by atoms with Crippen molar-refractivity contribution in [2.45, 2.75) is 31.3 Å². The molecule has 170 valence electrons. The Bertz CT molecular complexity index is 1050. The zero-order valence-electron chi connectivity index (χ0n) is 17.4. The van der Waals surface area contributed by atoms with E-state index in [2.05, 4.69) is 0 Å². The molecular weight excluding hydrogens is 437 g/mol. The number of phenolic OH excluding ortho intramolecular Hbond substituents is 1. The number of carbonyl (C=O) groups is 2. The number of imide groups is 1. The van der Waals surface area contributed by atoms with Gasteiger partial charge in [-0.25, -0.2) is 4.39 Å². The van der Waals surface area contributed by atoms with Gasteiger partial charge >= 0.3 is 0 Å².